The van der Waals surface area contributed by atoms with Crippen LogP contribution in [0.2, 0.25) is 0 Å². The van der Waals surface area contributed by atoms with E-state index in [9.17, 15) is 9.59 Å². The highest BCUT2D eigenvalue weighted by atomic mass is 16.5. The zero-order chi connectivity index (χ0) is 23.7. The second-order valence-corrected chi connectivity index (χ2v) is 7.98. The van der Waals surface area contributed by atoms with Gasteiger partial charge < -0.3 is 10.1 Å². The molecule has 0 fully saturated rings. The van der Waals surface area contributed by atoms with Crippen LogP contribution in [0.15, 0.2) is 78.9 Å². The molecular weight excluding hydrogens is 428 g/mol. The van der Waals surface area contributed by atoms with Crippen LogP contribution >= 0.6 is 0 Å². The molecule has 2 aromatic heterocycles. The van der Waals surface area contributed by atoms with Crippen LogP contribution in [-0.2, 0) is 16.6 Å². The second kappa shape index (κ2) is 8.78. The Morgan fingerprint density at radius 3 is 2.53 bits per heavy atom. The Morgan fingerprint density at radius 2 is 1.71 bits per heavy atom. The van der Waals surface area contributed by atoms with Gasteiger partial charge in [-0.2, -0.15) is 5.10 Å². The monoisotopic (exact) mass is 450 g/mol. The molecule has 7 nitrogen and oxygen atoms in total. The second-order valence-electron chi connectivity index (χ2n) is 7.98. The number of carbonyl (C=O) groups is 2. The number of hydrogen-bond acceptors (Lipinski definition) is 5. The number of rotatable bonds is 5. The van der Waals surface area contributed by atoms with E-state index in [1.165, 1.54) is 0 Å². The summed E-state index contributed by atoms with van der Waals surface area (Å²) >= 11 is 0. The predicted octanol–water partition coefficient (Wildman–Crippen LogP) is 4.89. The van der Waals surface area contributed by atoms with E-state index in [2.05, 4.69) is 10.4 Å². The summed E-state index contributed by atoms with van der Waals surface area (Å²) in [6.07, 6.45) is 0. The minimum atomic E-state index is -0.603. The third-order valence-electron chi connectivity index (χ3n) is 5.66. The number of anilines is 1. The van der Waals surface area contributed by atoms with Crippen LogP contribution in [0.25, 0.3) is 33.1 Å². The Hall–Kier alpha value is -4.52. The molecule has 7 heteroatoms. The van der Waals surface area contributed by atoms with Crippen LogP contribution in [0, 0.1) is 6.92 Å². The molecule has 0 saturated heterocycles. The number of hydrogen-bond donors (Lipinski definition) is 1. The molecule has 1 amide bonds. The number of esters is 1. The normalized spacial score (nSPS) is 11.0. The third kappa shape index (κ3) is 3.99. The van der Waals surface area contributed by atoms with Gasteiger partial charge in [0.25, 0.3) is 5.91 Å². The lowest BCUT2D eigenvalue weighted by Crippen LogP contribution is -2.21. The molecule has 5 aromatic rings. The maximum absolute atomic E-state index is 13.1. The molecule has 168 valence electrons. The number of pyridine rings is 1. The number of aromatic nitrogens is 3. The van der Waals surface area contributed by atoms with E-state index in [0.717, 1.165) is 16.3 Å². The summed E-state index contributed by atoms with van der Waals surface area (Å²) in [7, 11) is 1.78. The summed E-state index contributed by atoms with van der Waals surface area (Å²) in [5.74, 6) is -1.02. The number of ether oxygens (including phenoxy) is 1. The Kier molecular flexibility index (Phi) is 5.51. The maximum atomic E-state index is 13.1. The van der Waals surface area contributed by atoms with Gasteiger partial charge in [-0.15, -0.1) is 0 Å². The van der Waals surface area contributed by atoms with Gasteiger partial charge in [0, 0.05) is 23.7 Å². The lowest BCUT2D eigenvalue weighted by molar-refractivity contribution is -0.119. The average Bonchev–Trinajstić information content (AvgIpc) is 3.16. The van der Waals surface area contributed by atoms with Gasteiger partial charge in [0.2, 0.25) is 0 Å². The van der Waals surface area contributed by atoms with Gasteiger partial charge in [-0.3, -0.25) is 9.48 Å². The lowest BCUT2D eigenvalue weighted by Gasteiger charge is -2.11. The molecule has 0 bridgehead atoms. The van der Waals surface area contributed by atoms with Gasteiger partial charge >= 0.3 is 5.97 Å². The smallest absolute Gasteiger partial charge is 0.339 e. The molecule has 2 heterocycles. The number of fused-ring (bicyclic) bond motifs is 2. The van der Waals surface area contributed by atoms with Gasteiger partial charge in [-0.1, -0.05) is 66.7 Å². The van der Waals surface area contributed by atoms with E-state index in [0.29, 0.717) is 33.7 Å². The van der Waals surface area contributed by atoms with Crippen molar-refractivity contribution < 1.29 is 14.3 Å². The van der Waals surface area contributed by atoms with Crippen LogP contribution < -0.4 is 5.32 Å². The summed E-state index contributed by atoms with van der Waals surface area (Å²) in [6.45, 7) is 1.40. The van der Waals surface area contributed by atoms with Crippen molar-refractivity contribution in [2.24, 2.45) is 7.05 Å². The first kappa shape index (κ1) is 21.3. The molecule has 1 N–H and O–H groups in total. The van der Waals surface area contributed by atoms with Crippen molar-refractivity contribution in [3.8, 4) is 11.3 Å². The Morgan fingerprint density at radius 1 is 0.971 bits per heavy atom. The highest BCUT2D eigenvalue weighted by Crippen LogP contribution is 2.27. The SMILES string of the molecule is Cc1nn(C)c2nc(-c3ccccc3)cc(C(=O)OCC(=O)Nc3cccc4ccccc34)c12. The van der Waals surface area contributed by atoms with Crippen molar-refractivity contribution in [3.05, 3.63) is 90.1 Å². The standard InChI is InChI=1S/C27H22N4O3/c1-17-25-21(15-23(19-10-4-3-5-11-19)29-26(25)31(2)30-17)27(33)34-16-24(32)28-22-14-8-12-18-9-6-7-13-20(18)22/h3-15H,16H2,1-2H3,(H,28,32). The molecule has 0 spiro atoms. The third-order valence-corrected chi connectivity index (χ3v) is 5.66. The van der Waals surface area contributed by atoms with Crippen LogP contribution in [0.3, 0.4) is 0 Å². The van der Waals surface area contributed by atoms with Crippen molar-refractivity contribution in [1.82, 2.24) is 14.8 Å². The first-order valence-electron chi connectivity index (χ1n) is 10.9. The zero-order valence-corrected chi connectivity index (χ0v) is 18.8. The molecule has 5 rings (SSSR count). The Bertz CT molecular complexity index is 1540. The molecule has 0 radical (unpaired) electrons. The Labute approximate surface area is 196 Å². The lowest BCUT2D eigenvalue weighted by atomic mass is 10.1. The summed E-state index contributed by atoms with van der Waals surface area (Å²) in [6, 6.07) is 24.7. The first-order chi connectivity index (χ1) is 16.5. The number of carbonyl (C=O) groups excluding carboxylic acids is 2. The number of benzene rings is 3. The van der Waals surface area contributed by atoms with E-state index in [-0.39, 0.29) is 0 Å². The molecular formula is C27H22N4O3. The number of amides is 1. The Balaban J connectivity index is 1.40. The minimum absolute atomic E-state index is 0.326. The van der Waals surface area contributed by atoms with Crippen molar-refractivity contribution in [2.45, 2.75) is 6.92 Å². The summed E-state index contributed by atoms with van der Waals surface area (Å²) < 4.78 is 7.06. The zero-order valence-electron chi connectivity index (χ0n) is 18.8. The number of nitrogens with zero attached hydrogens (tertiary/aromatic N) is 3. The summed E-state index contributed by atoms with van der Waals surface area (Å²) in [5.41, 5.74) is 3.73. The van der Waals surface area contributed by atoms with Gasteiger partial charge in [-0.25, -0.2) is 9.78 Å². The molecule has 0 aliphatic rings. The van der Waals surface area contributed by atoms with Gasteiger partial charge in [0.15, 0.2) is 12.3 Å². The fraction of sp³-hybridized carbons (Fsp3) is 0.111. The van der Waals surface area contributed by atoms with Crippen LogP contribution in [0.1, 0.15) is 16.1 Å². The molecule has 34 heavy (non-hydrogen) atoms. The largest absolute Gasteiger partial charge is 0.452 e. The molecule has 0 atom stereocenters. The van der Waals surface area contributed by atoms with Crippen molar-refractivity contribution >= 4 is 39.4 Å². The highest BCUT2D eigenvalue weighted by Gasteiger charge is 2.21. The predicted molar refractivity (Wildman–Crippen MR) is 132 cm³/mol. The van der Waals surface area contributed by atoms with Crippen molar-refractivity contribution in [1.29, 1.82) is 0 Å². The quantitative estimate of drug-likeness (QED) is 0.385. The van der Waals surface area contributed by atoms with E-state index in [4.69, 9.17) is 9.72 Å². The van der Waals surface area contributed by atoms with E-state index < -0.39 is 18.5 Å². The molecule has 0 aliphatic heterocycles. The van der Waals surface area contributed by atoms with Gasteiger partial charge in [0.1, 0.15) is 0 Å². The summed E-state index contributed by atoms with van der Waals surface area (Å²) in [4.78, 5) is 30.4. The van der Waals surface area contributed by atoms with Gasteiger partial charge in [-0.05, 0) is 24.4 Å². The van der Waals surface area contributed by atoms with Gasteiger partial charge in [0.05, 0.1) is 22.3 Å². The average molecular weight is 450 g/mol. The number of aryl methyl sites for hydroxylation is 2. The van der Waals surface area contributed by atoms with E-state index in [1.807, 2.05) is 79.7 Å². The van der Waals surface area contributed by atoms with E-state index >= 15 is 0 Å². The van der Waals surface area contributed by atoms with Crippen molar-refractivity contribution in [2.75, 3.05) is 11.9 Å². The first-order valence-corrected chi connectivity index (χ1v) is 10.9. The minimum Gasteiger partial charge on any atom is -0.452 e. The molecule has 0 saturated carbocycles. The van der Waals surface area contributed by atoms with Crippen LogP contribution in [0.5, 0.6) is 0 Å². The molecule has 0 unspecified atom stereocenters. The summed E-state index contributed by atoms with van der Waals surface area (Å²) in [5, 5.41) is 9.79. The molecule has 3 aromatic carbocycles. The van der Waals surface area contributed by atoms with Crippen LogP contribution in [-0.4, -0.2) is 33.2 Å². The number of nitrogens with one attached hydrogen (secondary N) is 1. The van der Waals surface area contributed by atoms with E-state index in [1.54, 1.807) is 17.8 Å². The molecule has 0 aliphatic carbocycles. The fourth-order valence-electron chi connectivity index (χ4n) is 4.09. The van der Waals surface area contributed by atoms with Crippen molar-refractivity contribution in [3.63, 3.8) is 0 Å². The van der Waals surface area contributed by atoms with Crippen LogP contribution in [0.4, 0.5) is 5.69 Å². The highest BCUT2D eigenvalue weighted by molar-refractivity contribution is 6.07. The maximum Gasteiger partial charge on any atom is 0.339 e. The fourth-order valence-corrected chi connectivity index (χ4v) is 4.09. The topological polar surface area (TPSA) is 86.1 Å².